The van der Waals surface area contributed by atoms with Gasteiger partial charge in [0.1, 0.15) is 6.61 Å². The zero-order valence-electron chi connectivity index (χ0n) is 9.38. The molecule has 86 valence electrons. The van der Waals surface area contributed by atoms with E-state index < -0.39 is 0 Å². The summed E-state index contributed by atoms with van der Waals surface area (Å²) in [5.41, 5.74) is 1.39. The molecule has 0 bridgehead atoms. The van der Waals surface area contributed by atoms with Crippen molar-refractivity contribution < 1.29 is 9.26 Å². The van der Waals surface area contributed by atoms with Gasteiger partial charge in [-0.25, -0.2) is 0 Å². The van der Waals surface area contributed by atoms with Crippen LogP contribution in [0.5, 0.6) is 0 Å². The van der Waals surface area contributed by atoms with Crippen molar-refractivity contribution in [1.82, 2.24) is 10.1 Å². The topological polar surface area (TPSA) is 71.9 Å². The van der Waals surface area contributed by atoms with Crippen LogP contribution in [0, 0.1) is 11.3 Å². The Labute approximate surface area is 98.6 Å². The molecule has 1 heterocycles. The number of hydrogen-bond acceptors (Lipinski definition) is 5. The molecular formula is C12H11N3O2. The van der Waals surface area contributed by atoms with Crippen LogP contribution in [0.25, 0.3) is 11.5 Å². The number of nitrogens with zero attached hydrogens (tertiary/aromatic N) is 3. The Morgan fingerprint density at radius 1 is 1.35 bits per heavy atom. The highest BCUT2D eigenvalue weighted by Gasteiger charge is 2.08. The van der Waals surface area contributed by atoms with Crippen LogP contribution in [0.4, 0.5) is 0 Å². The monoisotopic (exact) mass is 229 g/mol. The Morgan fingerprint density at radius 2 is 2.12 bits per heavy atom. The van der Waals surface area contributed by atoms with E-state index in [1.54, 1.807) is 24.3 Å². The smallest absolute Gasteiger partial charge is 0.258 e. The second-order valence-electron chi connectivity index (χ2n) is 3.34. The molecule has 0 amide bonds. The number of ether oxygens (including phenoxy) is 1. The minimum absolute atomic E-state index is 0.344. The zero-order chi connectivity index (χ0) is 12.1. The normalized spacial score (nSPS) is 10.1. The van der Waals surface area contributed by atoms with Gasteiger partial charge < -0.3 is 9.26 Å². The van der Waals surface area contributed by atoms with E-state index in [-0.39, 0.29) is 0 Å². The summed E-state index contributed by atoms with van der Waals surface area (Å²) in [5, 5.41) is 12.5. The molecule has 17 heavy (non-hydrogen) atoms. The first kappa shape index (κ1) is 11.3. The second kappa shape index (κ2) is 5.23. The van der Waals surface area contributed by atoms with Crippen LogP contribution in [0.1, 0.15) is 18.3 Å². The van der Waals surface area contributed by atoms with Gasteiger partial charge in [-0.3, -0.25) is 0 Å². The molecule has 2 aromatic rings. The van der Waals surface area contributed by atoms with E-state index in [2.05, 4.69) is 16.2 Å². The Kier molecular flexibility index (Phi) is 3.48. The van der Waals surface area contributed by atoms with Crippen LogP contribution >= 0.6 is 0 Å². The van der Waals surface area contributed by atoms with Crippen LogP contribution in [0.2, 0.25) is 0 Å². The summed E-state index contributed by atoms with van der Waals surface area (Å²) in [7, 11) is 0. The Morgan fingerprint density at radius 3 is 2.76 bits per heavy atom. The summed E-state index contributed by atoms with van der Waals surface area (Å²) in [6.45, 7) is 2.86. The lowest BCUT2D eigenvalue weighted by Crippen LogP contribution is -1.93. The molecule has 2 rings (SSSR count). The van der Waals surface area contributed by atoms with Gasteiger partial charge in [0.25, 0.3) is 5.89 Å². The molecule has 5 nitrogen and oxygen atoms in total. The van der Waals surface area contributed by atoms with Gasteiger partial charge in [-0.1, -0.05) is 5.16 Å². The molecule has 0 N–H and O–H groups in total. The molecule has 0 radical (unpaired) electrons. The fraction of sp³-hybridized carbons (Fsp3) is 0.250. The summed E-state index contributed by atoms with van der Waals surface area (Å²) in [6.07, 6.45) is 0. The largest absolute Gasteiger partial charge is 0.374 e. The third-order valence-corrected chi connectivity index (χ3v) is 2.16. The fourth-order valence-corrected chi connectivity index (χ4v) is 1.31. The van der Waals surface area contributed by atoms with Gasteiger partial charge >= 0.3 is 0 Å². The van der Waals surface area contributed by atoms with E-state index in [1.165, 1.54) is 0 Å². The number of aromatic nitrogens is 2. The zero-order valence-corrected chi connectivity index (χ0v) is 9.38. The first-order valence-corrected chi connectivity index (χ1v) is 5.24. The van der Waals surface area contributed by atoms with Gasteiger partial charge in [0.15, 0.2) is 5.82 Å². The minimum atomic E-state index is 0.344. The number of hydrogen-bond donors (Lipinski definition) is 0. The van der Waals surface area contributed by atoms with Crippen LogP contribution in [-0.2, 0) is 11.3 Å². The van der Waals surface area contributed by atoms with Crippen molar-refractivity contribution in [3.05, 3.63) is 35.7 Å². The van der Waals surface area contributed by atoms with E-state index in [4.69, 9.17) is 14.5 Å². The molecule has 1 aromatic heterocycles. The summed E-state index contributed by atoms with van der Waals surface area (Å²) in [5.74, 6) is 0.954. The third-order valence-electron chi connectivity index (χ3n) is 2.16. The van der Waals surface area contributed by atoms with Gasteiger partial charge in [0, 0.05) is 12.2 Å². The summed E-state index contributed by atoms with van der Waals surface area (Å²) in [4.78, 5) is 4.19. The van der Waals surface area contributed by atoms with Crippen molar-refractivity contribution in [2.45, 2.75) is 13.5 Å². The molecule has 0 unspecified atom stereocenters. The molecule has 1 aromatic carbocycles. The average molecular weight is 229 g/mol. The van der Waals surface area contributed by atoms with Gasteiger partial charge in [-0.05, 0) is 31.2 Å². The van der Waals surface area contributed by atoms with Gasteiger partial charge in [0.2, 0.25) is 0 Å². The highest BCUT2D eigenvalue weighted by atomic mass is 16.5. The van der Waals surface area contributed by atoms with Gasteiger partial charge in [0.05, 0.1) is 11.6 Å². The van der Waals surface area contributed by atoms with Crippen molar-refractivity contribution >= 4 is 0 Å². The summed E-state index contributed by atoms with van der Waals surface area (Å²) >= 11 is 0. The van der Waals surface area contributed by atoms with E-state index in [1.807, 2.05) is 6.92 Å². The lowest BCUT2D eigenvalue weighted by atomic mass is 10.1. The summed E-state index contributed by atoms with van der Waals surface area (Å²) < 4.78 is 10.3. The molecule has 0 aliphatic heterocycles. The molecule has 0 spiro atoms. The van der Waals surface area contributed by atoms with Crippen LogP contribution < -0.4 is 0 Å². The fourth-order valence-electron chi connectivity index (χ4n) is 1.31. The third kappa shape index (κ3) is 2.68. The highest BCUT2D eigenvalue weighted by molar-refractivity contribution is 5.54. The molecule has 5 heteroatoms. The molecule has 0 saturated carbocycles. The second-order valence-corrected chi connectivity index (χ2v) is 3.34. The maximum atomic E-state index is 8.68. The Balaban J connectivity index is 2.16. The highest BCUT2D eigenvalue weighted by Crippen LogP contribution is 2.17. The lowest BCUT2D eigenvalue weighted by Gasteiger charge is -1.93. The van der Waals surface area contributed by atoms with Crippen LogP contribution in [0.3, 0.4) is 0 Å². The molecule has 0 saturated heterocycles. The van der Waals surface area contributed by atoms with E-state index in [0.29, 0.717) is 30.5 Å². The SMILES string of the molecule is CCOCc1noc(-c2ccc(C#N)cc2)n1. The molecule has 0 aliphatic carbocycles. The molecule has 0 aliphatic rings. The van der Waals surface area contributed by atoms with Crippen molar-refractivity contribution in [3.8, 4) is 17.5 Å². The van der Waals surface area contributed by atoms with Crippen LogP contribution in [-0.4, -0.2) is 16.7 Å². The first-order valence-electron chi connectivity index (χ1n) is 5.24. The summed E-state index contributed by atoms with van der Waals surface area (Å²) in [6, 6.07) is 9.02. The van der Waals surface area contributed by atoms with Crippen molar-refractivity contribution in [2.75, 3.05) is 6.61 Å². The van der Waals surface area contributed by atoms with Gasteiger partial charge in [-0.2, -0.15) is 10.2 Å². The maximum absolute atomic E-state index is 8.68. The van der Waals surface area contributed by atoms with Crippen LogP contribution in [0.15, 0.2) is 28.8 Å². The standard InChI is InChI=1S/C12H11N3O2/c1-2-16-8-11-14-12(17-15-11)10-5-3-9(7-13)4-6-10/h3-6H,2,8H2,1H3. The van der Waals surface area contributed by atoms with E-state index >= 15 is 0 Å². The first-order chi connectivity index (χ1) is 8.33. The maximum Gasteiger partial charge on any atom is 0.258 e. The number of rotatable bonds is 4. The molecule has 0 atom stereocenters. The Bertz CT molecular complexity index is 525. The average Bonchev–Trinajstić information content (AvgIpc) is 2.85. The van der Waals surface area contributed by atoms with Crippen molar-refractivity contribution in [3.63, 3.8) is 0 Å². The predicted molar refractivity (Wildman–Crippen MR) is 59.8 cm³/mol. The van der Waals surface area contributed by atoms with E-state index in [9.17, 15) is 0 Å². The van der Waals surface area contributed by atoms with Crippen molar-refractivity contribution in [1.29, 1.82) is 5.26 Å². The van der Waals surface area contributed by atoms with Crippen molar-refractivity contribution in [2.24, 2.45) is 0 Å². The lowest BCUT2D eigenvalue weighted by molar-refractivity contribution is 0.126. The predicted octanol–water partition coefficient (Wildman–Crippen LogP) is 2.14. The molecule has 0 fully saturated rings. The minimum Gasteiger partial charge on any atom is -0.374 e. The number of benzene rings is 1. The Hall–Kier alpha value is -2.19. The quantitative estimate of drug-likeness (QED) is 0.803. The van der Waals surface area contributed by atoms with Gasteiger partial charge in [-0.15, -0.1) is 0 Å². The molecular weight excluding hydrogens is 218 g/mol. The van der Waals surface area contributed by atoms with E-state index in [0.717, 1.165) is 5.56 Å². The number of nitriles is 1.